The molecule has 2 aromatic heterocycles. The van der Waals surface area contributed by atoms with Crippen molar-refractivity contribution in [2.24, 2.45) is 5.41 Å². The first-order valence-corrected chi connectivity index (χ1v) is 8.47. The van der Waals surface area contributed by atoms with E-state index in [1.807, 2.05) is 0 Å². The standard InChI is InChI=1S/C17H23N5O/c1-17(2)8-12-14(16(23)18-9-17)20-15(19-12)13-10-6-4-3-5-7-11(10)21-22-13/h3-9H2,1-2H3,(H,18,23)(H,19,20)(H,21,22). The molecular weight excluding hydrogens is 290 g/mol. The SMILES string of the molecule is CC1(C)CNC(=O)c2nc(-c3n[nH]c4c3CCCCC4)[nH]c2C1. The molecule has 2 aromatic rings. The minimum atomic E-state index is -0.0882. The molecule has 3 N–H and O–H groups in total. The first-order chi connectivity index (χ1) is 11.0. The lowest BCUT2D eigenvalue weighted by atomic mass is 9.88. The number of imidazole rings is 1. The number of aryl methyl sites for hydroxylation is 1. The number of carbonyl (C=O) groups is 1. The molecule has 0 bridgehead atoms. The fourth-order valence-corrected chi connectivity index (χ4v) is 3.64. The van der Waals surface area contributed by atoms with Crippen molar-refractivity contribution in [1.82, 2.24) is 25.5 Å². The molecule has 0 aromatic carbocycles. The van der Waals surface area contributed by atoms with E-state index in [1.165, 1.54) is 30.5 Å². The van der Waals surface area contributed by atoms with Crippen LogP contribution in [0.1, 0.15) is 60.5 Å². The van der Waals surface area contributed by atoms with E-state index < -0.39 is 0 Å². The molecule has 6 nitrogen and oxygen atoms in total. The molecule has 0 fully saturated rings. The first-order valence-electron chi connectivity index (χ1n) is 8.47. The molecule has 6 heteroatoms. The highest BCUT2D eigenvalue weighted by atomic mass is 16.1. The zero-order chi connectivity index (χ0) is 16.0. The van der Waals surface area contributed by atoms with Gasteiger partial charge in [0.25, 0.3) is 5.91 Å². The molecule has 0 saturated carbocycles. The molecule has 1 aliphatic heterocycles. The van der Waals surface area contributed by atoms with Gasteiger partial charge in [0.15, 0.2) is 5.82 Å². The fraction of sp³-hybridized carbons (Fsp3) is 0.588. The van der Waals surface area contributed by atoms with E-state index in [4.69, 9.17) is 0 Å². The van der Waals surface area contributed by atoms with Gasteiger partial charge in [-0.1, -0.05) is 20.3 Å². The zero-order valence-electron chi connectivity index (χ0n) is 13.8. The number of rotatable bonds is 1. The highest BCUT2D eigenvalue weighted by molar-refractivity contribution is 5.94. The molecule has 0 spiro atoms. The molecule has 0 atom stereocenters. The van der Waals surface area contributed by atoms with Gasteiger partial charge >= 0.3 is 0 Å². The molecule has 1 amide bonds. The van der Waals surface area contributed by atoms with Gasteiger partial charge in [0.1, 0.15) is 11.4 Å². The maximum absolute atomic E-state index is 12.3. The molecule has 3 heterocycles. The van der Waals surface area contributed by atoms with E-state index in [0.717, 1.165) is 36.5 Å². The van der Waals surface area contributed by atoms with Crippen molar-refractivity contribution in [2.75, 3.05) is 6.54 Å². The summed E-state index contributed by atoms with van der Waals surface area (Å²) in [6.45, 7) is 4.98. The Bertz CT molecular complexity index is 755. The van der Waals surface area contributed by atoms with Crippen LogP contribution in [-0.4, -0.2) is 32.6 Å². The number of nitrogens with one attached hydrogen (secondary N) is 3. The summed E-state index contributed by atoms with van der Waals surface area (Å²) in [6.07, 6.45) is 6.54. The van der Waals surface area contributed by atoms with Gasteiger partial charge in [-0.2, -0.15) is 5.10 Å². The van der Waals surface area contributed by atoms with Gasteiger partial charge in [0.05, 0.1) is 0 Å². The van der Waals surface area contributed by atoms with Crippen LogP contribution >= 0.6 is 0 Å². The van der Waals surface area contributed by atoms with Crippen molar-refractivity contribution in [3.8, 4) is 11.5 Å². The fourth-order valence-electron chi connectivity index (χ4n) is 3.64. The minimum absolute atomic E-state index is 0.0210. The van der Waals surface area contributed by atoms with Crippen molar-refractivity contribution in [1.29, 1.82) is 0 Å². The Morgan fingerprint density at radius 2 is 1.87 bits per heavy atom. The summed E-state index contributed by atoms with van der Waals surface area (Å²) in [4.78, 5) is 20.3. The molecular formula is C17H23N5O. The number of carbonyl (C=O) groups excluding carboxylic acids is 1. The van der Waals surface area contributed by atoms with Crippen LogP contribution in [0, 0.1) is 5.41 Å². The van der Waals surface area contributed by atoms with Gasteiger partial charge in [-0.05, 0) is 37.5 Å². The average molecular weight is 313 g/mol. The summed E-state index contributed by atoms with van der Waals surface area (Å²) >= 11 is 0. The Morgan fingerprint density at radius 3 is 2.74 bits per heavy atom. The highest BCUT2D eigenvalue weighted by Gasteiger charge is 2.31. The zero-order valence-corrected chi connectivity index (χ0v) is 13.8. The average Bonchev–Trinajstić information content (AvgIpc) is 2.98. The molecule has 0 saturated heterocycles. The lowest BCUT2D eigenvalue weighted by molar-refractivity contribution is 0.0940. The predicted molar refractivity (Wildman–Crippen MR) is 87.2 cm³/mol. The Kier molecular flexibility index (Phi) is 3.28. The third-order valence-corrected chi connectivity index (χ3v) is 4.91. The van der Waals surface area contributed by atoms with Crippen molar-refractivity contribution < 1.29 is 4.79 Å². The van der Waals surface area contributed by atoms with E-state index in [9.17, 15) is 4.79 Å². The van der Waals surface area contributed by atoms with Crippen molar-refractivity contribution in [3.05, 3.63) is 22.6 Å². The quantitative estimate of drug-likeness (QED) is 0.706. The summed E-state index contributed by atoms with van der Waals surface area (Å²) in [5.74, 6) is 0.636. The number of aromatic nitrogens is 4. The third-order valence-electron chi connectivity index (χ3n) is 4.91. The van der Waals surface area contributed by atoms with Gasteiger partial charge in [0.2, 0.25) is 0 Å². The van der Waals surface area contributed by atoms with Gasteiger partial charge in [0, 0.05) is 23.5 Å². The molecule has 0 unspecified atom stereocenters. The van der Waals surface area contributed by atoms with Gasteiger partial charge in [-0.15, -0.1) is 0 Å². The number of hydrogen-bond donors (Lipinski definition) is 3. The molecule has 1 aliphatic carbocycles. The lowest BCUT2D eigenvalue weighted by Crippen LogP contribution is -2.32. The van der Waals surface area contributed by atoms with E-state index in [0.29, 0.717) is 12.2 Å². The van der Waals surface area contributed by atoms with Crippen LogP contribution in [0.2, 0.25) is 0 Å². The van der Waals surface area contributed by atoms with Crippen LogP contribution in [0.15, 0.2) is 0 Å². The second-order valence-electron chi connectivity index (χ2n) is 7.53. The monoisotopic (exact) mass is 313 g/mol. The first kappa shape index (κ1) is 14.5. The normalized spacial score (nSPS) is 20.2. The second kappa shape index (κ2) is 5.22. The highest BCUT2D eigenvalue weighted by Crippen LogP contribution is 2.30. The number of hydrogen-bond acceptors (Lipinski definition) is 3. The smallest absolute Gasteiger partial charge is 0.271 e. The van der Waals surface area contributed by atoms with Crippen LogP contribution in [0.4, 0.5) is 0 Å². The summed E-state index contributed by atoms with van der Waals surface area (Å²) in [6, 6.07) is 0. The van der Waals surface area contributed by atoms with Crippen molar-refractivity contribution in [2.45, 2.75) is 52.4 Å². The largest absolute Gasteiger partial charge is 0.350 e. The van der Waals surface area contributed by atoms with E-state index >= 15 is 0 Å². The summed E-state index contributed by atoms with van der Waals surface area (Å²) in [5.41, 5.74) is 4.86. The summed E-state index contributed by atoms with van der Waals surface area (Å²) in [7, 11) is 0. The minimum Gasteiger partial charge on any atom is -0.350 e. The Balaban J connectivity index is 1.76. The van der Waals surface area contributed by atoms with E-state index in [1.54, 1.807) is 0 Å². The topological polar surface area (TPSA) is 86.5 Å². The van der Waals surface area contributed by atoms with Crippen LogP contribution < -0.4 is 5.32 Å². The number of aromatic amines is 2. The van der Waals surface area contributed by atoms with Crippen molar-refractivity contribution in [3.63, 3.8) is 0 Å². The van der Waals surface area contributed by atoms with Crippen LogP contribution in [-0.2, 0) is 19.3 Å². The van der Waals surface area contributed by atoms with E-state index in [-0.39, 0.29) is 11.3 Å². The maximum atomic E-state index is 12.3. The number of fused-ring (bicyclic) bond motifs is 2. The van der Waals surface area contributed by atoms with Gasteiger partial charge < -0.3 is 10.3 Å². The molecule has 4 rings (SSSR count). The van der Waals surface area contributed by atoms with Gasteiger partial charge in [-0.25, -0.2) is 4.98 Å². The second-order valence-corrected chi connectivity index (χ2v) is 7.53. The predicted octanol–water partition coefficient (Wildman–Crippen LogP) is 2.38. The van der Waals surface area contributed by atoms with Crippen LogP contribution in [0.5, 0.6) is 0 Å². The third kappa shape index (κ3) is 2.56. The number of amides is 1. The van der Waals surface area contributed by atoms with Gasteiger partial charge in [-0.3, -0.25) is 9.89 Å². The molecule has 0 radical (unpaired) electrons. The van der Waals surface area contributed by atoms with Crippen LogP contribution in [0.3, 0.4) is 0 Å². The van der Waals surface area contributed by atoms with Crippen LogP contribution in [0.25, 0.3) is 11.5 Å². The molecule has 23 heavy (non-hydrogen) atoms. The molecule has 2 aliphatic rings. The molecule has 122 valence electrons. The number of nitrogens with zero attached hydrogens (tertiary/aromatic N) is 2. The van der Waals surface area contributed by atoms with E-state index in [2.05, 4.69) is 39.3 Å². The Hall–Kier alpha value is -2.11. The summed E-state index contributed by atoms with van der Waals surface area (Å²) < 4.78 is 0. The summed E-state index contributed by atoms with van der Waals surface area (Å²) in [5, 5.41) is 10.6. The Labute approximate surface area is 135 Å². The lowest BCUT2D eigenvalue weighted by Gasteiger charge is -2.21. The van der Waals surface area contributed by atoms with Crippen molar-refractivity contribution >= 4 is 5.91 Å². The number of H-pyrrole nitrogens is 2. The Morgan fingerprint density at radius 1 is 1.04 bits per heavy atom. The maximum Gasteiger partial charge on any atom is 0.271 e.